The average molecular weight is 334 g/mol. The van der Waals surface area contributed by atoms with Crippen molar-refractivity contribution >= 4 is 17.3 Å². The van der Waals surface area contributed by atoms with Gasteiger partial charge in [-0.15, -0.1) is 11.3 Å². The normalized spacial score (nSPS) is 11.5. The molecule has 0 atom stereocenters. The first kappa shape index (κ1) is 17.4. The molecule has 124 valence electrons. The Morgan fingerprint density at radius 1 is 1.22 bits per heavy atom. The number of hydrogen-bond acceptors (Lipinski definition) is 3. The second-order valence-corrected chi connectivity index (χ2v) is 6.03. The van der Waals surface area contributed by atoms with Gasteiger partial charge in [-0.05, 0) is 31.0 Å². The van der Waals surface area contributed by atoms with E-state index in [-0.39, 0.29) is 5.82 Å². The fourth-order valence-electron chi connectivity index (χ4n) is 2.04. The van der Waals surface area contributed by atoms with E-state index in [0.29, 0.717) is 6.54 Å². The van der Waals surface area contributed by atoms with E-state index in [1.165, 1.54) is 17.1 Å². The SMILES string of the molecule is CCNC(=NCc1ccc(F)cc1)NCCc1csc(CC)n1. The zero-order chi connectivity index (χ0) is 16.5. The van der Waals surface area contributed by atoms with Gasteiger partial charge in [-0.3, -0.25) is 0 Å². The molecular formula is C17H23FN4S. The topological polar surface area (TPSA) is 49.3 Å². The van der Waals surface area contributed by atoms with Gasteiger partial charge in [0.25, 0.3) is 0 Å². The molecule has 0 aliphatic rings. The van der Waals surface area contributed by atoms with Gasteiger partial charge in [0.1, 0.15) is 5.82 Å². The van der Waals surface area contributed by atoms with E-state index in [4.69, 9.17) is 0 Å². The number of guanidine groups is 1. The molecule has 1 aromatic heterocycles. The van der Waals surface area contributed by atoms with Gasteiger partial charge in [0.2, 0.25) is 0 Å². The van der Waals surface area contributed by atoms with Crippen molar-refractivity contribution < 1.29 is 4.39 Å². The van der Waals surface area contributed by atoms with Crippen LogP contribution in [0.4, 0.5) is 4.39 Å². The number of halogens is 1. The van der Waals surface area contributed by atoms with Crippen molar-refractivity contribution in [2.24, 2.45) is 4.99 Å². The van der Waals surface area contributed by atoms with Gasteiger partial charge in [-0.2, -0.15) is 0 Å². The summed E-state index contributed by atoms with van der Waals surface area (Å²) in [6.45, 7) is 6.25. The number of benzene rings is 1. The zero-order valence-electron chi connectivity index (χ0n) is 13.6. The fraction of sp³-hybridized carbons (Fsp3) is 0.412. The lowest BCUT2D eigenvalue weighted by molar-refractivity contribution is 0.627. The first-order valence-electron chi connectivity index (χ1n) is 7.91. The number of nitrogens with one attached hydrogen (secondary N) is 2. The Kier molecular flexibility index (Phi) is 7.00. The molecule has 0 spiro atoms. The monoisotopic (exact) mass is 334 g/mol. The molecule has 0 bridgehead atoms. The van der Waals surface area contributed by atoms with Crippen molar-refractivity contribution in [1.29, 1.82) is 0 Å². The summed E-state index contributed by atoms with van der Waals surface area (Å²) >= 11 is 1.71. The summed E-state index contributed by atoms with van der Waals surface area (Å²) in [6.07, 6.45) is 1.86. The van der Waals surface area contributed by atoms with E-state index >= 15 is 0 Å². The molecule has 2 rings (SSSR count). The van der Waals surface area contributed by atoms with Crippen LogP contribution in [0, 0.1) is 5.82 Å². The lowest BCUT2D eigenvalue weighted by Gasteiger charge is -2.10. The summed E-state index contributed by atoms with van der Waals surface area (Å²) in [5.41, 5.74) is 2.10. The number of rotatable bonds is 7. The summed E-state index contributed by atoms with van der Waals surface area (Å²) in [6, 6.07) is 6.42. The number of aromatic nitrogens is 1. The lowest BCUT2D eigenvalue weighted by atomic mass is 10.2. The van der Waals surface area contributed by atoms with Crippen LogP contribution in [0.1, 0.15) is 30.1 Å². The van der Waals surface area contributed by atoms with Gasteiger partial charge >= 0.3 is 0 Å². The van der Waals surface area contributed by atoms with Crippen LogP contribution < -0.4 is 10.6 Å². The second kappa shape index (κ2) is 9.25. The molecule has 0 radical (unpaired) electrons. The first-order chi connectivity index (χ1) is 11.2. The standard InChI is InChI=1S/C17H23FN4S/c1-3-16-22-15(12-23-16)9-10-20-17(19-4-2)21-11-13-5-7-14(18)8-6-13/h5-8,12H,3-4,9-11H2,1-2H3,(H2,19,20,21). The highest BCUT2D eigenvalue weighted by atomic mass is 32.1. The van der Waals surface area contributed by atoms with E-state index in [1.54, 1.807) is 23.5 Å². The summed E-state index contributed by atoms with van der Waals surface area (Å²) in [4.78, 5) is 9.08. The Hall–Kier alpha value is -1.95. The molecule has 0 aliphatic carbocycles. The highest BCUT2D eigenvalue weighted by molar-refractivity contribution is 7.09. The fourth-order valence-corrected chi connectivity index (χ4v) is 2.82. The highest BCUT2D eigenvalue weighted by Crippen LogP contribution is 2.10. The number of aryl methyl sites for hydroxylation is 1. The van der Waals surface area contributed by atoms with Gasteiger partial charge in [0.05, 0.1) is 17.2 Å². The summed E-state index contributed by atoms with van der Waals surface area (Å²) in [5.74, 6) is 0.542. The molecule has 2 aromatic rings. The Labute approximate surface area is 140 Å². The van der Waals surface area contributed by atoms with Crippen molar-refractivity contribution in [2.45, 2.75) is 33.2 Å². The predicted molar refractivity (Wildman–Crippen MR) is 94.4 cm³/mol. The Bertz CT molecular complexity index is 622. The lowest BCUT2D eigenvalue weighted by Crippen LogP contribution is -2.38. The smallest absolute Gasteiger partial charge is 0.191 e. The van der Waals surface area contributed by atoms with E-state index in [0.717, 1.165) is 43.1 Å². The molecule has 0 aliphatic heterocycles. The largest absolute Gasteiger partial charge is 0.357 e. The summed E-state index contributed by atoms with van der Waals surface area (Å²) < 4.78 is 12.9. The van der Waals surface area contributed by atoms with E-state index in [9.17, 15) is 4.39 Å². The maximum atomic E-state index is 12.9. The van der Waals surface area contributed by atoms with Crippen LogP contribution in [-0.2, 0) is 19.4 Å². The average Bonchev–Trinajstić information content (AvgIpc) is 3.02. The molecule has 0 saturated carbocycles. The van der Waals surface area contributed by atoms with Gasteiger partial charge < -0.3 is 10.6 Å². The molecule has 0 unspecified atom stereocenters. The maximum absolute atomic E-state index is 12.9. The van der Waals surface area contributed by atoms with Crippen LogP contribution in [0.15, 0.2) is 34.6 Å². The molecule has 0 amide bonds. The van der Waals surface area contributed by atoms with Crippen LogP contribution in [-0.4, -0.2) is 24.0 Å². The van der Waals surface area contributed by atoms with Gasteiger partial charge in [0.15, 0.2) is 5.96 Å². The number of hydrogen-bond donors (Lipinski definition) is 2. The van der Waals surface area contributed by atoms with Gasteiger partial charge in [0, 0.05) is 24.9 Å². The third-order valence-corrected chi connectivity index (χ3v) is 4.29. The highest BCUT2D eigenvalue weighted by Gasteiger charge is 2.02. The van der Waals surface area contributed by atoms with E-state index < -0.39 is 0 Å². The van der Waals surface area contributed by atoms with Gasteiger partial charge in [-0.25, -0.2) is 14.4 Å². The van der Waals surface area contributed by atoms with Crippen LogP contribution in [0.2, 0.25) is 0 Å². The second-order valence-electron chi connectivity index (χ2n) is 5.08. The van der Waals surface area contributed by atoms with Crippen LogP contribution in [0.5, 0.6) is 0 Å². The molecule has 4 nitrogen and oxygen atoms in total. The van der Waals surface area contributed by atoms with Crippen LogP contribution in [0.3, 0.4) is 0 Å². The Balaban J connectivity index is 1.84. The van der Waals surface area contributed by atoms with E-state index in [2.05, 4.69) is 32.9 Å². The van der Waals surface area contributed by atoms with Crippen molar-refractivity contribution in [3.8, 4) is 0 Å². The van der Waals surface area contributed by atoms with Crippen molar-refractivity contribution in [2.75, 3.05) is 13.1 Å². The number of nitrogens with zero attached hydrogens (tertiary/aromatic N) is 2. The minimum absolute atomic E-state index is 0.225. The number of thiazole rings is 1. The van der Waals surface area contributed by atoms with Crippen molar-refractivity contribution in [3.63, 3.8) is 0 Å². The quantitative estimate of drug-likeness (QED) is 0.604. The molecule has 1 heterocycles. The molecule has 0 fully saturated rings. The third kappa shape index (κ3) is 5.98. The van der Waals surface area contributed by atoms with Gasteiger partial charge in [-0.1, -0.05) is 19.1 Å². The molecule has 1 aromatic carbocycles. The predicted octanol–water partition coefficient (Wildman–Crippen LogP) is 3.14. The van der Waals surface area contributed by atoms with Crippen LogP contribution in [0.25, 0.3) is 0 Å². The molecule has 2 N–H and O–H groups in total. The maximum Gasteiger partial charge on any atom is 0.191 e. The molecule has 23 heavy (non-hydrogen) atoms. The van der Waals surface area contributed by atoms with Crippen molar-refractivity contribution in [3.05, 3.63) is 51.7 Å². The summed E-state index contributed by atoms with van der Waals surface area (Å²) in [7, 11) is 0. The van der Waals surface area contributed by atoms with Crippen LogP contribution >= 0.6 is 11.3 Å². The Morgan fingerprint density at radius 3 is 2.65 bits per heavy atom. The molecule has 0 saturated heterocycles. The number of aliphatic imine (C=N–C) groups is 1. The molecular weight excluding hydrogens is 311 g/mol. The van der Waals surface area contributed by atoms with E-state index in [1.807, 2.05) is 6.92 Å². The van der Waals surface area contributed by atoms with Crippen molar-refractivity contribution in [1.82, 2.24) is 15.6 Å². The minimum Gasteiger partial charge on any atom is -0.357 e. The minimum atomic E-state index is -0.225. The zero-order valence-corrected chi connectivity index (χ0v) is 14.4. The molecule has 6 heteroatoms. The Morgan fingerprint density at radius 2 is 2.00 bits per heavy atom. The summed E-state index contributed by atoms with van der Waals surface area (Å²) in [5, 5.41) is 9.81. The first-order valence-corrected chi connectivity index (χ1v) is 8.79. The third-order valence-electron chi connectivity index (χ3n) is 3.25.